The molecule has 0 saturated heterocycles. The lowest BCUT2D eigenvalue weighted by atomic mass is 9.47. The third-order valence-corrected chi connectivity index (χ3v) is 12.1. The van der Waals surface area contributed by atoms with Gasteiger partial charge in [-0.2, -0.15) is 0 Å². The maximum absolute atomic E-state index is 12.4. The molecule has 50 heavy (non-hydrogen) atoms. The van der Waals surface area contributed by atoms with E-state index in [2.05, 4.69) is 13.8 Å². The predicted molar refractivity (Wildman–Crippen MR) is 194 cm³/mol. The highest BCUT2D eigenvalue weighted by Gasteiger charge is 2.60. The fourth-order valence-electron chi connectivity index (χ4n) is 9.08. The Bertz CT molecular complexity index is 1610. The van der Waals surface area contributed by atoms with Gasteiger partial charge in [0.15, 0.2) is 17.2 Å². The first-order valence-corrected chi connectivity index (χ1v) is 18.7. The maximum atomic E-state index is 12.4. The molecular formula is C42H53ClO7. The Balaban J connectivity index is 0.000000194. The van der Waals surface area contributed by atoms with Gasteiger partial charge in [-0.05, 0) is 150 Å². The quantitative estimate of drug-likeness (QED) is 0.199. The number of ketones is 2. The molecule has 0 amide bonds. The average Bonchev–Trinajstić information content (AvgIpc) is 3.40. The molecule has 0 radical (unpaired) electrons. The number of carbonyl (C=O) groups excluding carboxylic acids is 4. The van der Waals surface area contributed by atoms with Crippen molar-refractivity contribution in [3.8, 4) is 5.75 Å². The highest BCUT2D eigenvalue weighted by molar-refractivity contribution is 6.30. The summed E-state index contributed by atoms with van der Waals surface area (Å²) in [6, 6.07) is 13.4. The van der Waals surface area contributed by atoms with Crippen molar-refractivity contribution in [2.24, 2.45) is 28.6 Å². The van der Waals surface area contributed by atoms with Gasteiger partial charge in [0.25, 0.3) is 0 Å². The molecule has 8 heteroatoms. The topological polar surface area (TPSA) is 96.0 Å². The van der Waals surface area contributed by atoms with Crippen molar-refractivity contribution < 1.29 is 33.4 Å². The first-order valence-electron chi connectivity index (χ1n) is 18.3. The lowest BCUT2D eigenvalue weighted by molar-refractivity contribution is -0.163. The van der Waals surface area contributed by atoms with Crippen LogP contribution in [0.2, 0.25) is 5.02 Å². The number of ether oxygens (including phenoxy) is 3. The molecule has 0 N–H and O–H groups in total. The van der Waals surface area contributed by atoms with Crippen LogP contribution in [0.3, 0.4) is 0 Å². The van der Waals surface area contributed by atoms with Crippen molar-refractivity contribution in [3.05, 3.63) is 76.3 Å². The Morgan fingerprint density at radius 3 is 2.14 bits per heavy atom. The molecule has 2 aromatic carbocycles. The second kappa shape index (κ2) is 15.0. The average molecular weight is 705 g/mol. The molecule has 0 bridgehead atoms. The second-order valence-electron chi connectivity index (χ2n) is 15.8. The minimum absolute atomic E-state index is 0.0411. The van der Waals surface area contributed by atoms with Crippen LogP contribution in [0.1, 0.15) is 122 Å². The molecule has 270 valence electrons. The van der Waals surface area contributed by atoms with Gasteiger partial charge in [-0.1, -0.05) is 37.9 Å². The SMILES string of the molecule is CC(C)OC(=O)C(C)(C)Oc1ccc(C(=O)c2ccc(Cl)cc2)cc1.CCC(=O)OC1CCC2C3CCC4=CC(=O)CCC4(C)C3CCC12C. The molecule has 0 spiro atoms. The Kier molecular flexibility index (Phi) is 11.4. The summed E-state index contributed by atoms with van der Waals surface area (Å²) in [6.45, 7) is 13.5. The lowest BCUT2D eigenvalue weighted by Gasteiger charge is -2.57. The Morgan fingerprint density at radius 1 is 0.880 bits per heavy atom. The molecule has 0 heterocycles. The summed E-state index contributed by atoms with van der Waals surface area (Å²) in [4.78, 5) is 48.3. The van der Waals surface area contributed by atoms with Crippen LogP contribution in [-0.2, 0) is 23.9 Å². The Labute approximate surface area is 302 Å². The first kappa shape index (κ1) is 37.8. The van der Waals surface area contributed by atoms with Gasteiger partial charge in [0.05, 0.1) is 6.10 Å². The zero-order valence-electron chi connectivity index (χ0n) is 30.7. The molecular weight excluding hydrogens is 652 g/mol. The molecule has 6 atom stereocenters. The van der Waals surface area contributed by atoms with Gasteiger partial charge < -0.3 is 14.2 Å². The van der Waals surface area contributed by atoms with Gasteiger partial charge >= 0.3 is 11.9 Å². The minimum Gasteiger partial charge on any atom is -0.476 e. The number of rotatable bonds is 8. The highest BCUT2D eigenvalue weighted by atomic mass is 35.5. The van der Waals surface area contributed by atoms with Crippen molar-refractivity contribution >= 4 is 35.1 Å². The summed E-state index contributed by atoms with van der Waals surface area (Å²) in [5, 5.41) is 0.579. The van der Waals surface area contributed by atoms with E-state index < -0.39 is 11.6 Å². The lowest BCUT2D eigenvalue weighted by Crippen LogP contribution is -2.51. The van der Waals surface area contributed by atoms with Crippen molar-refractivity contribution in [2.45, 2.75) is 124 Å². The zero-order chi connectivity index (χ0) is 36.4. The van der Waals surface area contributed by atoms with Gasteiger partial charge in [-0.3, -0.25) is 14.4 Å². The normalized spacial score (nSPS) is 28.6. The standard InChI is InChI=1S/C22H32O3.C20H21ClO4/c1-4-20(24)25-19-8-7-17-16-6-5-14-13-15(23)9-11-21(14,2)18(16)10-12-22(17,19)3;1-13(2)24-19(23)20(3,4)25-17-11-7-15(8-12-17)18(22)14-5-9-16(21)10-6-14/h13,16-19H,4-12H2,1-3H3;5-13H,1-4H3. The highest BCUT2D eigenvalue weighted by Crippen LogP contribution is 2.65. The van der Waals surface area contributed by atoms with E-state index in [4.69, 9.17) is 25.8 Å². The van der Waals surface area contributed by atoms with E-state index in [-0.39, 0.29) is 34.8 Å². The molecule has 6 rings (SSSR count). The molecule has 3 fully saturated rings. The van der Waals surface area contributed by atoms with Crippen molar-refractivity contribution in [1.29, 1.82) is 0 Å². The summed E-state index contributed by atoms with van der Waals surface area (Å²) in [5.41, 5.74) is 1.79. The number of hydrogen-bond donors (Lipinski definition) is 0. The molecule has 4 aliphatic rings. The number of fused-ring (bicyclic) bond motifs is 5. The van der Waals surface area contributed by atoms with Gasteiger partial charge in [0, 0.05) is 34.4 Å². The maximum Gasteiger partial charge on any atom is 0.350 e. The van der Waals surface area contributed by atoms with Gasteiger partial charge in [-0.25, -0.2) is 4.79 Å². The van der Waals surface area contributed by atoms with E-state index in [0.29, 0.717) is 45.9 Å². The smallest absolute Gasteiger partial charge is 0.350 e. The van der Waals surface area contributed by atoms with E-state index in [0.717, 1.165) is 38.0 Å². The van der Waals surface area contributed by atoms with Gasteiger partial charge in [0.1, 0.15) is 11.9 Å². The Hall–Kier alpha value is -3.45. The number of benzene rings is 2. The van der Waals surface area contributed by atoms with Gasteiger partial charge in [0.2, 0.25) is 0 Å². The number of hydrogen-bond acceptors (Lipinski definition) is 7. The number of esters is 2. The molecule has 7 nitrogen and oxygen atoms in total. The Morgan fingerprint density at radius 2 is 1.52 bits per heavy atom. The van der Waals surface area contributed by atoms with E-state index >= 15 is 0 Å². The van der Waals surface area contributed by atoms with Crippen LogP contribution in [0.15, 0.2) is 60.2 Å². The van der Waals surface area contributed by atoms with E-state index in [1.807, 2.05) is 13.0 Å². The number of allylic oxidation sites excluding steroid dienone is 1. The van der Waals surface area contributed by atoms with Crippen LogP contribution < -0.4 is 4.74 Å². The summed E-state index contributed by atoms with van der Waals surface area (Å²) in [7, 11) is 0. The van der Waals surface area contributed by atoms with Crippen molar-refractivity contribution in [1.82, 2.24) is 0 Å². The molecule has 0 aromatic heterocycles. The molecule has 2 aromatic rings. The van der Waals surface area contributed by atoms with Gasteiger partial charge in [-0.15, -0.1) is 0 Å². The molecule has 3 saturated carbocycles. The molecule has 4 aliphatic carbocycles. The second-order valence-corrected chi connectivity index (χ2v) is 16.3. The van der Waals surface area contributed by atoms with Crippen molar-refractivity contribution in [3.63, 3.8) is 0 Å². The molecule has 0 aliphatic heterocycles. The van der Waals surface area contributed by atoms with Crippen LogP contribution in [0, 0.1) is 28.6 Å². The largest absolute Gasteiger partial charge is 0.476 e. The van der Waals surface area contributed by atoms with Crippen LogP contribution in [-0.4, -0.2) is 41.3 Å². The third-order valence-electron chi connectivity index (χ3n) is 11.9. The van der Waals surface area contributed by atoms with Crippen LogP contribution in [0.4, 0.5) is 0 Å². The summed E-state index contributed by atoms with van der Waals surface area (Å²) < 4.78 is 16.8. The van der Waals surface area contributed by atoms with E-state index in [9.17, 15) is 19.2 Å². The first-order chi connectivity index (χ1) is 23.6. The van der Waals surface area contributed by atoms with E-state index in [1.165, 1.54) is 24.8 Å². The summed E-state index contributed by atoms with van der Waals surface area (Å²) >= 11 is 5.84. The zero-order valence-corrected chi connectivity index (χ0v) is 31.4. The van der Waals surface area contributed by atoms with Crippen LogP contribution in [0.25, 0.3) is 0 Å². The number of halogens is 1. The number of carbonyl (C=O) groups is 4. The summed E-state index contributed by atoms with van der Waals surface area (Å²) in [5.74, 6) is 2.35. The molecule has 6 unspecified atom stereocenters. The third kappa shape index (κ3) is 7.88. The van der Waals surface area contributed by atoms with Crippen LogP contribution >= 0.6 is 11.6 Å². The summed E-state index contributed by atoms with van der Waals surface area (Å²) in [6.07, 6.45) is 11.1. The minimum atomic E-state index is -1.12. The van der Waals surface area contributed by atoms with E-state index in [1.54, 1.807) is 76.2 Å². The fourth-order valence-corrected chi connectivity index (χ4v) is 9.21. The fraction of sp³-hybridized carbons (Fsp3) is 0.571. The predicted octanol–water partition coefficient (Wildman–Crippen LogP) is 9.52. The van der Waals surface area contributed by atoms with Crippen LogP contribution in [0.5, 0.6) is 5.75 Å². The van der Waals surface area contributed by atoms with Crippen molar-refractivity contribution in [2.75, 3.05) is 0 Å². The monoisotopic (exact) mass is 704 g/mol.